The van der Waals surface area contributed by atoms with Gasteiger partial charge in [-0.3, -0.25) is 9.48 Å². The van der Waals surface area contributed by atoms with Crippen molar-refractivity contribution < 1.29 is 13.9 Å². The van der Waals surface area contributed by atoms with Crippen molar-refractivity contribution in [3.8, 4) is 5.75 Å². The second-order valence-corrected chi connectivity index (χ2v) is 6.66. The molecule has 1 amide bonds. The summed E-state index contributed by atoms with van der Waals surface area (Å²) in [4.78, 5) is 14.1. The Hall–Kier alpha value is -2.54. The zero-order valence-corrected chi connectivity index (χ0v) is 16.3. The maximum Gasteiger partial charge on any atom is 0.289 e. The molecule has 3 rings (SSSR count). The molecule has 0 N–H and O–H groups in total. The number of halogens is 1. The summed E-state index contributed by atoms with van der Waals surface area (Å²) in [7, 11) is 1.73. The van der Waals surface area contributed by atoms with Crippen LogP contribution in [0.1, 0.15) is 28.9 Å². The van der Waals surface area contributed by atoms with Crippen LogP contribution in [0.15, 0.2) is 57.6 Å². The number of carbonyl (C=O) groups excluding carboxylic acids is 1. The third-order valence-corrected chi connectivity index (χ3v) is 4.50. The Morgan fingerprint density at radius 1 is 1.27 bits per heavy atom. The van der Waals surface area contributed by atoms with Crippen LogP contribution in [0, 0.1) is 0 Å². The highest BCUT2D eigenvalue weighted by atomic mass is 79.9. The molecule has 6 nitrogen and oxygen atoms in total. The van der Waals surface area contributed by atoms with Crippen LogP contribution < -0.4 is 4.74 Å². The maximum atomic E-state index is 12.5. The Morgan fingerprint density at radius 3 is 2.81 bits per heavy atom. The number of aryl methyl sites for hydroxylation is 1. The van der Waals surface area contributed by atoms with Crippen LogP contribution in [-0.4, -0.2) is 27.6 Å². The van der Waals surface area contributed by atoms with Gasteiger partial charge in [-0.05, 0) is 53.2 Å². The third kappa shape index (κ3) is 4.35. The highest BCUT2D eigenvalue weighted by Crippen LogP contribution is 2.25. The molecule has 0 atom stereocenters. The lowest BCUT2D eigenvalue weighted by Crippen LogP contribution is -2.26. The van der Waals surface area contributed by atoms with E-state index in [1.54, 1.807) is 24.1 Å². The van der Waals surface area contributed by atoms with Crippen LogP contribution in [0.3, 0.4) is 0 Å². The van der Waals surface area contributed by atoms with Crippen LogP contribution in [0.5, 0.6) is 5.75 Å². The maximum absolute atomic E-state index is 12.5. The molecular formula is C19H20BrN3O3. The van der Waals surface area contributed by atoms with Crippen molar-refractivity contribution in [1.29, 1.82) is 0 Å². The predicted octanol–water partition coefficient (Wildman–Crippen LogP) is 4.11. The van der Waals surface area contributed by atoms with Gasteiger partial charge in [0.15, 0.2) is 5.76 Å². The zero-order valence-electron chi connectivity index (χ0n) is 14.7. The van der Waals surface area contributed by atoms with E-state index in [1.165, 1.54) is 0 Å². The number of amides is 1. The molecule has 0 radical (unpaired) electrons. The molecule has 0 fully saturated rings. The molecule has 1 aromatic carbocycles. The number of ether oxygens (including phenoxy) is 1. The summed E-state index contributed by atoms with van der Waals surface area (Å²) in [6.07, 6.45) is 1.90. The second-order valence-electron chi connectivity index (χ2n) is 5.81. The van der Waals surface area contributed by atoms with Gasteiger partial charge in [0.05, 0.1) is 16.7 Å². The van der Waals surface area contributed by atoms with Gasteiger partial charge >= 0.3 is 0 Å². The van der Waals surface area contributed by atoms with Gasteiger partial charge in [-0.2, -0.15) is 5.10 Å². The van der Waals surface area contributed by atoms with E-state index < -0.39 is 0 Å². The number of benzene rings is 1. The highest BCUT2D eigenvalue weighted by molar-refractivity contribution is 9.10. The molecule has 0 unspecified atom stereocenters. The van der Waals surface area contributed by atoms with Crippen LogP contribution in [0.25, 0.3) is 0 Å². The number of nitrogens with zero attached hydrogens (tertiary/aromatic N) is 3. The molecule has 0 saturated heterocycles. The standard InChI is InChI=1S/C19H20BrN3O3/c1-3-23-11-10-14(21-23)12-22(2)19(24)18-9-8-15(26-18)13-25-17-7-5-4-6-16(17)20/h4-11H,3,12-13H2,1-2H3. The summed E-state index contributed by atoms with van der Waals surface area (Å²) in [5.74, 6) is 1.41. The first-order valence-corrected chi connectivity index (χ1v) is 9.10. The molecule has 0 spiro atoms. The van der Waals surface area contributed by atoms with E-state index in [-0.39, 0.29) is 18.3 Å². The lowest BCUT2D eigenvalue weighted by molar-refractivity contribution is 0.0747. The lowest BCUT2D eigenvalue weighted by Gasteiger charge is -2.14. The molecule has 0 saturated carbocycles. The van der Waals surface area contributed by atoms with Crippen molar-refractivity contribution in [2.75, 3.05) is 7.05 Å². The Morgan fingerprint density at radius 2 is 2.08 bits per heavy atom. The average molecular weight is 418 g/mol. The fraction of sp³-hybridized carbons (Fsp3) is 0.263. The Bertz CT molecular complexity index is 888. The van der Waals surface area contributed by atoms with E-state index in [2.05, 4.69) is 21.0 Å². The van der Waals surface area contributed by atoms with Crippen LogP contribution in [0.4, 0.5) is 0 Å². The molecule has 2 aromatic heterocycles. The van der Waals surface area contributed by atoms with Gasteiger partial charge in [0, 0.05) is 19.8 Å². The van der Waals surface area contributed by atoms with Crippen molar-refractivity contribution >= 4 is 21.8 Å². The molecule has 3 aromatic rings. The Kier molecular flexibility index (Phi) is 5.78. The summed E-state index contributed by atoms with van der Waals surface area (Å²) >= 11 is 3.43. The van der Waals surface area contributed by atoms with Crippen molar-refractivity contribution in [2.45, 2.75) is 26.6 Å². The van der Waals surface area contributed by atoms with Gasteiger partial charge in [-0.1, -0.05) is 12.1 Å². The summed E-state index contributed by atoms with van der Waals surface area (Å²) in [6, 6.07) is 12.9. The van der Waals surface area contributed by atoms with E-state index in [0.717, 1.165) is 22.5 Å². The summed E-state index contributed by atoms with van der Waals surface area (Å²) in [5, 5.41) is 4.39. The first-order valence-electron chi connectivity index (χ1n) is 8.30. The normalized spacial score (nSPS) is 10.7. The Labute approximate surface area is 160 Å². The van der Waals surface area contributed by atoms with Gasteiger partial charge in [-0.15, -0.1) is 0 Å². The van der Waals surface area contributed by atoms with Crippen molar-refractivity contribution in [2.24, 2.45) is 0 Å². The smallest absolute Gasteiger partial charge is 0.289 e. The largest absolute Gasteiger partial charge is 0.484 e. The van der Waals surface area contributed by atoms with Crippen molar-refractivity contribution in [3.05, 3.63) is 70.3 Å². The number of hydrogen-bond donors (Lipinski definition) is 0. The molecular weight excluding hydrogens is 398 g/mol. The number of hydrogen-bond acceptors (Lipinski definition) is 4. The van der Waals surface area contributed by atoms with Crippen LogP contribution in [0.2, 0.25) is 0 Å². The average Bonchev–Trinajstić information content (AvgIpc) is 3.29. The SMILES string of the molecule is CCn1ccc(CN(C)C(=O)c2ccc(COc3ccccc3Br)o2)n1. The minimum atomic E-state index is -0.191. The molecule has 0 aliphatic heterocycles. The van der Waals surface area contributed by atoms with Crippen molar-refractivity contribution in [1.82, 2.24) is 14.7 Å². The first kappa shape index (κ1) is 18.3. The summed E-state index contributed by atoms with van der Waals surface area (Å²) in [5.41, 5.74) is 0.840. The van der Waals surface area contributed by atoms with Gasteiger partial charge < -0.3 is 14.1 Å². The highest BCUT2D eigenvalue weighted by Gasteiger charge is 2.17. The van der Waals surface area contributed by atoms with Crippen molar-refractivity contribution in [3.63, 3.8) is 0 Å². The fourth-order valence-corrected chi connectivity index (χ4v) is 2.85. The molecule has 0 aliphatic rings. The second kappa shape index (κ2) is 8.23. The predicted molar refractivity (Wildman–Crippen MR) is 101 cm³/mol. The topological polar surface area (TPSA) is 60.5 Å². The monoisotopic (exact) mass is 417 g/mol. The molecule has 0 bridgehead atoms. The quantitative estimate of drug-likeness (QED) is 0.580. The number of carbonyl (C=O) groups is 1. The molecule has 7 heteroatoms. The lowest BCUT2D eigenvalue weighted by atomic mass is 10.3. The van der Waals surface area contributed by atoms with E-state index in [4.69, 9.17) is 9.15 Å². The molecule has 136 valence electrons. The minimum Gasteiger partial charge on any atom is -0.484 e. The van der Waals surface area contributed by atoms with Gasteiger partial charge in [0.1, 0.15) is 18.1 Å². The van der Waals surface area contributed by atoms with Crippen LogP contribution in [-0.2, 0) is 19.7 Å². The van der Waals surface area contributed by atoms with Gasteiger partial charge in [-0.25, -0.2) is 0 Å². The molecule has 0 aliphatic carbocycles. The molecule has 26 heavy (non-hydrogen) atoms. The van der Waals surface area contributed by atoms with Crippen LogP contribution >= 0.6 is 15.9 Å². The first-order chi connectivity index (χ1) is 12.6. The van der Waals surface area contributed by atoms with E-state index in [9.17, 15) is 4.79 Å². The van der Waals surface area contributed by atoms with E-state index in [1.807, 2.05) is 48.1 Å². The van der Waals surface area contributed by atoms with E-state index >= 15 is 0 Å². The Balaban J connectivity index is 1.59. The number of para-hydroxylation sites is 1. The summed E-state index contributed by atoms with van der Waals surface area (Å²) in [6.45, 7) is 3.50. The number of furan rings is 1. The number of rotatable bonds is 7. The zero-order chi connectivity index (χ0) is 18.5. The minimum absolute atomic E-state index is 0.191. The fourth-order valence-electron chi connectivity index (χ4n) is 2.45. The number of aromatic nitrogens is 2. The summed E-state index contributed by atoms with van der Waals surface area (Å²) < 4.78 is 14.0. The van der Waals surface area contributed by atoms with Gasteiger partial charge in [0.2, 0.25) is 0 Å². The third-order valence-electron chi connectivity index (χ3n) is 3.84. The van der Waals surface area contributed by atoms with E-state index in [0.29, 0.717) is 12.3 Å². The molecule has 2 heterocycles. The van der Waals surface area contributed by atoms with Gasteiger partial charge in [0.25, 0.3) is 5.91 Å².